The van der Waals surface area contributed by atoms with Crippen LogP contribution in [0.5, 0.6) is 11.5 Å². The maximum atomic E-state index is 12.5. The second kappa shape index (κ2) is 6.43. The summed E-state index contributed by atoms with van der Waals surface area (Å²) in [4.78, 5) is 22.3. The molecule has 0 aliphatic rings. The lowest BCUT2D eigenvalue weighted by molar-refractivity contribution is 0.103. The van der Waals surface area contributed by atoms with Crippen LogP contribution in [0.4, 0.5) is 10.8 Å². The van der Waals surface area contributed by atoms with Crippen LogP contribution in [0.3, 0.4) is 0 Å². The number of amides is 1. The molecule has 0 radical (unpaired) electrons. The van der Waals surface area contributed by atoms with Gasteiger partial charge in [0, 0.05) is 28.4 Å². The van der Waals surface area contributed by atoms with Crippen molar-refractivity contribution in [1.29, 1.82) is 0 Å². The van der Waals surface area contributed by atoms with E-state index >= 15 is 0 Å². The molecule has 9 heteroatoms. The first-order valence-electron chi connectivity index (χ1n) is 7.56. The summed E-state index contributed by atoms with van der Waals surface area (Å²) in [6.45, 7) is 0. The minimum absolute atomic E-state index is 0.292. The Balaban J connectivity index is 1.83. The molecule has 0 saturated heterocycles. The number of hydrogen-bond acceptors (Lipinski definition) is 8. The van der Waals surface area contributed by atoms with Gasteiger partial charge in [0.15, 0.2) is 16.6 Å². The molecule has 3 heterocycles. The second-order valence-electron chi connectivity index (χ2n) is 5.38. The summed E-state index contributed by atoms with van der Waals surface area (Å²) in [6.07, 6.45) is 1.63. The number of thiophene rings is 1. The molecule has 4 aromatic rings. The van der Waals surface area contributed by atoms with Gasteiger partial charge in [0.1, 0.15) is 9.71 Å². The van der Waals surface area contributed by atoms with Crippen molar-refractivity contribution in [3.63, 3.8) is 0 Å². The Morgan fingerprint density at radius 2 is 1.96 bits per heavy atom. The lowest BCUT2D eigenvalue weighted by Gasteiger charge is -2.08. The Labute approximate surface area is 156 Å². The number of hydrogen-bond donors (Lipinski definition) is 2. The van der Waals surface area contributed by atoms with Gasteiger partial charge in [-0.1, -0.05) is 0 Å². The van der Waals surface area contributed by atoms with Crippen LogP contribution >= 0.6 is 22.7 Å². The molecule has 1 aromatic carbocycles. The molecule has 26 heavy (non-hydrogen) atoms. The van der Waals surface area contributed by atoms with Crippen LogP contribution in [0.2, 0.25) is 0 Å². The maximum Gasteiger partial charge on any atom is 0.269 e. The molecule has 0 atom stereocenters. The third-order valence-electron chi connectivity index (χ3n) is 3.88. The van der Waals surface area contributed by atoms with Crippen LogP contribution in [0.15, 0.2) is 29.8 Å². The van der Waals surface area contributed by atoms with E-state index in [0.29, 0.717) is 32.0 Å². The molecule has 0 fully saturated rings. The van der Waals surface area contributed by atoms with E-state index in [1.165, 1.54) is 22.7 Å². The van der Waals surface area contributed by atoms with Crippen molar-refractivity contribution in [2.45, 2.75) is 0 Å². The number of thiazole rings is 1. The normalized spacial score (nSPS) is 11.0. The van der Waals surface area contributed by atoms with Crippen LogP contribution in [0.1, 0.15) is 9.67 Å². The Morgan fingerprint density at radius 1 is 1.19 bits per heavy atom. The smallest absolute Gasteiger partial charge is 0.269 e. The van der Waals surface area contributed by atoms with E-state index in [-0.39, 0.29) is 5.91 Å². The molecule has 0 bridgehead atoms. The van der Waals surface area contributed by atoms with Crippen molar-refractivity contribution in [2.75, 3.05) is 25.3 Å². The van der Waals surface area contributed by atoms with Gasteiger partial charge in [-0.05, 0) is 12.1 Å². The minimum Gasteiger partial charge on any atom is -0.493 e. The van der Waals surface area contributed by atoms with Crippen molar-refractivity contribution >= 4 is 60.5 Å². The van der Waals surface area contributed by atoms with Crippen molar-refractivity contribution in [1.82, 2.24) is 9.97 Å². The predicted octanol–water partition coefficient (Wildman–Crippen LogP) is 3.76. The number of carbonyl (C=O) groups is 1. The molecular formula is C17H14N4O3S2. The number of nitrogen functional groups attached to an aromatic ring is 1. The highest BCUT2D eigenvalue weighted by Crippen LogP contribution is 2.38. The highest BCUT2D eigenvalue weighted by molar-refractivity contribution is 7.21. The zero-order chi connectivity index (χ0) is 18.3. The van der Waals surface area contributed by atoms with Crippen LogP contribution < -0.4 is 20.5 Å². The van der Waals surface area contributed by atoms with E-state index < -0.39 is 0 Å². The predicted molar refractivity (Wildman–Crippen MR) is 105 cm³/mol. The summed E-state index contributed by atoms with van der Waals surface area (Å²) < 4.78 is 10.7. The average molecular weight is 386 g/mol. The number of methoxy groups -OCH3 is 2. The number of ether oxygens (including phenoxy) is 2. The molecule has 0 saturated carbocycles. The van der Waals surface area contributed by atoms with Crippen molar-refractivity contribution in [3.05, 3.63) is 34.7 Å². The average Bonchev–Trinajstić information content (AvgIpc) is 3.27. The quantitative estimate of drug-likeness (QED) is 0.554. The highest BCUT2D eigenvalue weighted by atomic mass is 32.1. The topological polar surface area (TPSA) is 99.4 Å². The zero-order valence-electron chi connectivity index (χ0n) is 13.9. The van der Waals surface area contributed by atoms with Gasteiger partial charge >= 0.3 is 0 Å². The molecule has 1 amide bonds. The fraction of sp³-hybridized carbons (Fsp3) is 0.118. The van der Waals surface area contributed by atoms with Crippen LogP contribution in [-0.2, 0) is 0 Å². The van der Waals surface area contributed by atoms with Gasteiger partial charge in [-0.25, -0.2) is 9.97 Å². The Hall–Kier alpha value is -2.91. The zero-order valence-corrected chi connectivity index (χ0v) is 15.5. The fourth-order valence-electron chi connectivity index (χ4n) is 2.64. The van der Waals surface area contributed by atoms with Crippen LogP contribution in [0.25, 0.3) is 21.1 Å². The molecule has 0 aliphatic heterocycles. The summed E-state index contributed by atoms with van der Waals surface area (Å²) in [5.41, 5.74) is 7.37. The summed E-state index contributed by atoms with van der Waals surface area (Å²) in [5.74, 6) is 0.912. The number of anilines is 2. The lowest BCUT2D eigenvalue weighted by Crippen LogP contribution is -2.11. The molecular weight excluding hydrogens is 372 g/mol. The molecule has 0 aliphatic carbocycles. The lowest BCUT2D eigenvalue weighted by atomic mass is 10.1. The van der Waals surface area contributed by atoms with Gasteiger partial charge < -0.3 is 15.2 Å². The monoisotopic (exact) mass is 386 g/mol. The van der Waals surface area contributed by atoms with Crippen molar-refractivity contribution in [2.24, 2.45) is 0 Å². The standard InChI is InChI=1S/C17H14N4O3S2/c1-23-11-6-8-5-9-13(18)14(15(22)21-17-19-3-4-25-17)26-16(9)20-10(8)7-12(11)24-2/h3-7H,18H2,1-2H3,(H,19,21,22). The molecule has 0 unspecified atom stereocenters. The van der Waals surface area contributed by atoms with Crippen molar-refractivity contribution < 1.29 is 14.3 Å². The second-order valence-corrected chi connectivity index (χ2v) is 7.27. The first-order chi connectivity index (χ1) is 12.6. The molecule has 0 spiro atoms. The van der Waals surface area contributed by atoms with Crippen LogP contribution in [-0.4, -0.2) is 30.1 Å². The first-order valence-corrected chi connectivity index (χ1v) is 9.26. The van der Waals surface area contributed by atoms with E-state index in [4.69, 9.17) is 15.2 Å². The SMILES string of the molecule is COc1cc2cc3c(N)c(C(=O)Nc4nccs4)sc3nc2cc1OC. The van der Waals surface area contributed by atoms with Gasteiger partial charge in [0.05, 0.1) is 25.4 Å². The maximum absolute atomic E-state index is 12.5. The summed E-state index contributed by atoms with van der Waals surface area (Å²) in [7, 11) is 3.15. The van der Waals surface area contributed by atoms with Gasteiger partial charge in [-0.15, -0.1) is 22.7 Å². The van der Waals surface area contributed by atoms with Gasteiger partial charge in [-0.2, -0.15) is 0 Å². The number of rotatable bonds is 4. The molecule has 132 valence electrons. The number of fused-ring (bicyclic) bond motifs is 2. The van der Waals surface area contributed by atoms with Gasteiger partial charge in [0.25, 0.3) is 5.91 Å². The summed E-state index contributed by atoms with van der Waals surface area (Å²) >= 11 is 2.60. The molecule has 3 aromatic heterocycles. The van der Waals surface area contributed by atoms with Gasteiger partial charge in [-0.3, -0.25) is 10.1 Å². The fourth-order valence-corrected chi connectivity index (χ4v) is 4.14. The summed E-state index contributed by atoms with van der Waals surface area (Å²) in [6, 6.07) is 5.55. The number of nitrogens with one attached hydrogen (secondary N) is 1. The number of carbonyl (C=O) groups excluding carboxylic acids is 1. The number of pyridine rings is 1. The highest BCUT2D eigenvalue weighted by Gasteiger charge is 2.19. The Morgan fingerprint density at radius 3 is 2.65 bits per heavy atom. The number of aromatic nitrogens is 2. The Bertz CT molecular complexity index is 1120. The summed E-state index contributed by atoms with van der Waals surface area (Å²) in [5, 5.41) is 6.66. The Kier molecular flexibility index (Phi) is 4.09. The number of benzene rings is 1. The van der Waals surface area contributed by atoms with Crippen molar-refractivity contribution in [3.8, 4) is 11.5 Å². The van der Waals surface area contributed by atoms with E-state index in [2.05, 4.69) is 15.3 Å². The molecule has 4 rings (SSSR count). The number of nitrogens with zero attached hydrogens (tertiary/aromatic N) is 2. The van der Waals surface area contributed by atoms with E-state index in [9.17, 15) is 4.79 Å². The van der Waals surface area contributed by atoms with E-state index in [1.54, 1.807) is 31.9 Å². The van der Waals surface area contributed by atoms with E-state index in [1.807, 2.05) is 12.1 Å². The minimum atomic E-state index is -0.292. The third kappa shape index (κ3) is 2.71. The first kappa shape index (κ1) is 16.6. The van der Waals surface area contributed by atoms with Gasteiger partial charge in [0.2, 0.25) is 0 Å². The molecule has 3 N–H and O–H groups in total. The van der Waals surface area contributed by atoms with Crippen LogP contribution in [0, 0.1) is 0 Å². The van der Waals surface area contributed by atoms with E-state index in [0.717, 1.165) is 16.3 Å². The largest absolute Gasteiger partial charge is 0.493 e. The number of nitrogens with two attached hydrogens (primary N) is 1. The third-order valence-corrected chi connectivity index (χ3v) is 5.68. The molecule has 7 nitrogen and oxygen atoms in total.